The molecule has 0 N–H and O–H groups in total. The molecule has 416 valence electrons. The molecule has 18 aromatic rings. The zero-order valence-electron chi connectivity index (χ0n) is 48.5. The van der Waals surface area contributed by atoms with Crippen LogP contribution in [0.2, 0.25) is 0 Å². The minimum atomic E-state index is 1.05. The van der Waals surface area contributed by atoms with Crippen LogP contribution in [0.25, 0.3) is 143 Å². The summed E-state index contributed by atoms with van der Waals surface area (Å²) in [5.74, 6) is 0. The third kappa shape index (κ3) is 8.17. The number of anilines is 3. The lowest BCUT2D eigenvalue weighted by Gasteiger charge is -2.26. The highest BCUT2D eigenvalue weighted by Crippen LogP contribution is 2.45. The van der Waals surface area contributed by atoms with Crippen molar-refractivity contribution in [3.63, 3.8) is 0 Å². The van der Waals surface area contributed by atoms with Crippen molar-refractivity contribution in [2.45, 2.75) is 0 Å². The Balaban J connectivity index is 0.831. The quantitative estimate of drug-likeness (QED) is 0.134. The van der Waals surface area contributed by atoms with E-state index in [1.54, 1.807) is 0 Å². The molecule has 4 heterocycles. The van der Waals surface area contributed by atoms with Crippen LogP contribution >= 0.6 is 0 Å². The number of para-hydroxylation sites is 8. The second-order valence-electron chi connectivity index (χ2n) is 23.3. The van der Waals surface area contributed by atoms with E-state index in [4.69, 9.17) is 0 Å². The van der Waals surface area contributed by atoms with Gasteiger partial charge in [-0.25, -0.2) is 0 Å². The number of aromatic nitrogens is 4. The molecule has 14 aromatic carbocycles. The maximum absolute atomic E-state index is 2.44. The Morgan fingerprint density at radius 3 is 0.798 bits per heavy atom. The first-order valence-corrected chi connectivity index (χ1v) is 30.6. The van der Waals surface area contributed by atoms with Crippen molar-refractivity contribution in [2.24, 2.45) is 0 Å². The first kappa shape index (κ1) is 50.4. The summed E-state index contributed by atoms with van der Waals surface area (Å²) in [4.78, 5) is 2.44. The van der Waals surface area contributed by atoms with E-state index in [2.05, 4.69) is 357 Å². The van der Waals surface area contributed by atoms with Gasteiger partial charge in [-0.05, 0) is 185 Å². The Hall–Kier alpha value is -11.9. The smallest absolute Gasteiger partial charge is 0.0561 e. The summed E-state index contributed by atoms with van der Waals surface area (Å²) in [6, 6.07) is 123. The molecule has 0 aliphatic heterocycles. The van der Waals surface area contributed by atoms with Crippen LogP contribution in [0.4, 0.5) is 17.1 Å². The van der Waals surface area contributed by atoms with Gasteiger partial charge >= 0.3 is 0 Å². The number of rotatable bonds is 10. The van der Waals surface area contributed by atoms with Gasteiger partial charge in [-0.1, -0.05) is 182 Å². The standard InChI is InChI=1S/C84H55N5/c1-5-21-62(22-6-1)86-79-35-19-15-31-71(79)75-52-57(39-47-81(75)86)60-49-59(50-61(51-60)58-40-48-82-76(53-58)72-32-16-20-36-80(72)87(82)63-23-7-2-8-24-63)56-37-41-66(42-38-56)85(67-43-45-73-69-29-13-17-33-77(69)88(83(73)54-67)64-25-9-3-10-26-64)68-44-46-74-70-30-14-18-34-78(70)89(84(74)55-68)65-27-11-4-12-28-65/h1-55H. The van der Waals surface area contributed by atoms with Gasteiger partial charge < -0.3 is 23.2 Å². The Bertz CT molecular complexity index is 5440. The lowest BCUT2D eigenvalue weighted by Crippen LogP contribution is -2.10. The lowest BCUT2D eigenvalue weighted by atomic mass is 9.92. The van der Waals surface area contributed by atoms with E-state index in [-0.39, 0.29) is 0 Å². The summed E-state index contributed by atoms with van der Waals surface area (Å²) >= 11 is 0. The van der Waals surface area contributed by atoms with Crippen LogP contribution in [0.3, 0.4) is 0 Å². The van der Waals surface area contributed by atoms with E-state index in [0.717, 1.165) is 84.2 Å². The van der Waals surface area contributed by atoms with Gasteiger partial charge in [0, 0.05) is 82.9 Å². The Morgan fingerprint density at radius 1 is 0.157 bits per heavy atom. The molecular weight excluding hydrogens is 1080 g/mol. The van der Waals surface area contributed by atoms with Crippen molar-refractivity contribution in [3.05, 3.63) is 334 Å². The molecule has 0 bridgehead atoms. The fourth-order valence-corrected chi connectivity index (χ4v) is 14.3. The molecule has 0 aliphatic rings. The molecule has 0 unspecified atom stereocenters. The summed E-state index contributed by atoms with van der Waals surface area (Å²) in [6.45, 7) is 0. The molecule has 18 rings (SSSR count). The van der Waals surface area contributed by atoms with Crippen molar-refractivity contribution in [1.29, 1.82) is 0 Å². The van der Waals surface area contributed by atoms with Gasteiger partial charge in [0.05, 0.1) is 44.1 Å². The topological polar surface area (TPSA) is 23.0 Å². The largest absolute Gasteiger partial charge is 0.310 e. The predicted octanol–water partition coefficient (Wildman–Crippen LogP) is 22.5. The first-order chi connectivity index (χ1) is 44.1. The third-order valence-corrected chi connectivity index (χ3v) is 18.3. The number of fused-ring (bicyclic) bond motifs is 12. The monoisotopic (exact) mass is 1130 g/mol. The number of benzene rings is 14. The van der Waals surface area contributed by atoms with Crippen LogP contribution in [-0.4, -0.2) is 18.3 Å². The number of hydrogen-bond donors (Lipinski definition) is 0. The van der Waals surface area contributed by atoms with Crippen LogP contribution in [0.15, 0.2) is 334 Å². The summed E-state index contributed by atoms with van der Waals surface area (Å²) in [7, 11) is 0. The van der Waals surface area contributed by atoms with E-state index in [0.29, 0.717) is 0 Å². The molecule has 0 spiro atoms. The van der Waals surface area contributed by atoms with Gasteiger partial charge in [0.2, 0.25) is 0 Å². The molecule has 4 aromatic heterocycles. The van der Waals surface area contributed by atoms with Crippen LogP contribution < -0.4 is 4.90 Å². The molecule has 0 saturated heterocycles. The first-order valence-electron chi connectivity index (χ1n) is 30.6. The predicted molar refractivity (Wildman–Crippen MR) is 375 cm³/mol. The fraction of sp³-hybridized carbons (Fsp3) is 0. The van der Waals surface area contributed by atoms with Gasteiger partial charge in [0.15, 0.2) is 0 Å². The molecular formula is C84H55N5. The summed E-state index contributed by atoms with van der Waals surface area (Å²) in [6.07, 6.45) is 0. The minimum Gasteiger partial charge on any atom is -0.310 e. The second kappa shape index (κ2) is 20.4. The lowest BCUT2D eigenvalue weighted by molar-refractivity contribution is 1.17. The fourth-order valence-electron chi connectivity index (χ4n) is 14.3. The van der Waals surface area contributed by atoms with Gasteiger partial charge in [-0.2, -0.15) is 0 Å². The number of hydrogen-bond acceptors (Lipinski definition) is 1. The number of nitrogens with zero attached hydrogens (tertiary/aromatic N) is 5. The molecule has 0 fully saturated rings. The SMILES string of the molecule is c1ccc(-n2c3ccccc3c3cc(-c4cc(-c5ccc(N(c6ccc7c8ccccc8n(-c8ccccc8)c7c6)c6ccc7c8ccccc8n(-c8ccccc8)c7c6)cc5)cc(-c5ccc6c(c5)c5ccccc5n6-c5ccccc5)c4)ccc32)cc1. The zero-order valence-corrected chi connectivity index (χ0v) is 48.5. The summed E-state index contributed by atoms with van der Waals surface area (Å²) < 4.78 is 9.61. The van der Waals surface area contributed by atoms with E-state index in [1.165, 1.54) is 76.2 Å². The molecule has 0 atom stereocenters. The normalized spacial score (nSPS) is 11.8. The second-order valence-corrected chi connectivity index (χ2v) is 23.3. The van der Waals surface area contributed by atoms with E-state index in [1.807, 2.05) is 0 Å². The van der Waals surface area contributed by atoms with Gasteiger partial charge in [-0.3, -0.25) is 0 Å². The molecule has 89 heavy (non-hydrogen) atoms. The van der Waals surface area contributed by atoms with Crippen LogP contribution in [0, 0.1) is 0 Å². The molecule has 0 saturated carbocycles. The van der Waals surface area contributed by atoms with Gasteiger partial charge in [-0.15, -0.1) is 0 Å². The molecule has 0 aliphatic carbocycles. The van der Waals surface area contributed by atoms with Crippen LogP contribution in [0.1, 0.15) is 0 Å². The average molecular weight is 1130 g/mol. The highest BCUT2D eigenvalue weighted by Gasteiger charge is 2.22. The molecule has 0 radical (unpaired) electrons. The minimum absolute atomic E-state index is 1.05. The summed E-state index contributed by atoms with van der Waals surface area (Å²) in [5.41, 5.74) is 24.0. The maximum Gasteiger partial charge on any atom is 0.0561 e. The van der Waals surface area contributed by atoms with Crippen molar-refractivity contribution >= 4 is 104 Å². The van der Waals surface area contributed by atoms with Crippen molar-refractivity contribution < 1.29 is 0 Å². The molecule has 0 amide bonds. The Morgan fingerprint density at radius 2 is 0.427 bits per heavy atom. The Labute approximate surface area is 514 Å². The maximum atomic E-state index is 2.44. The summed E-state index contributed by atoms with van der Waals surface area (Å²) in [5, 5.41) is 9.76. The van der Waals surface area contributed by atoms with Crippen molar-refractivity contribution in [2.75, 3.05) is 4.90 Å². The van der Waals surface area contributed by atoms with E-state index < -0.39 is 0 Å². The molecule has 5 heteroatoms. The van der Waals surface area contributed by atoms with Gasteiger partial charge in [0.1, 0.15) is 0 Å². The van der Waals surface area contributed by atoms with Crippen molar-refractivity contribution in [1.82, 2.24) is 18.3 Å². The van der Waals surface area contributed by atoms with Gasteiger partial charge in [0.25, 0.3) is 0 Å². The van der Waals surface area contributed by atoms with E-state index >= 15 is 0 Å². The third-order valence-electron chi connectivity index (χ3n) is 18.3. The molecule has 5 nitrogen and oxygen atoms in total. The van der Waals surface area contributed by atoms with E-state index in [9.17, 15) is 0 Å². The van der Waals surface area contributed by atoms with Crippen molar-refractivity contribution in [3.8, 4) is 56.1 Å². The highest BCUT2D eigenvalue weighted by molar-refractivity contribution is 6.14. The van der Waals surface area contributed by atoms with Crippen LogP contribution in [0.5, 0.6) is 0 Å². The van der Waals surface area contributed by atoms with Crippen LogP contribution in [-0.2, 0) is 0 Å². The Kier molecular flexibility index (Phi) is 11.5. The zero-order chi connectivity index (χ0) is 58.5. The average Bonchev–Trinajstić information content (AvgIpc) is 1.77. The highest BCUT2D eigenvalue weighted by atomic mass is 15.1.